The number of pyridine rings is 1. The summed E-state index contributed by atoms with van der Waals surface area (Å²) in [6.07, 6.45) is 1.59. The number of nitrogens with one attached hydrogen (secondary N) is 1. The number of aromatic nitrogens is 1. The Bertz CT molecular complexity index is 696. The van der Waals surface area contributed by atoms with Gasteiger partial charge in [0.25, 0.3) is 5.91 Å². The van der Waals surface area contributed by atoms with Gasteiger partial charge < -0.3 is 15.8 Å². The van der Waals surface area contributed by atoms with Gasteiger partial charge in [-0.05, 0) is 11.6 Å². The largest absolute Gasteiger partial charge is 0.445 e. The molecule has 0 aliphatic rings. The normalized spacial score (nSPS) is 9.91. The third-order valence-corrected chi connectivity index (χ3v) is 3.00. The number of hydrogen-bond acceptors (Lipinski definition) is 5. The maximum atomic E-state index is 11.6. The first kappa shape index (κ1) is 16.2. The average Bonchev–Trinajstić information content (AvgIpc) is 2.59. The van der Waals surface area contributed by atoms with Crippen LogP contribution >= 0.6 is 0 Å². The molecule has 2 aromatic rings. The van der Waals surface area contributed by atoms with Crippen LogP contribution in [0.5, 0.6) is 0 Å². The lowest BCUT2D eigenvalue weighted by Gasteiger charge is -2.07. The van der Waals surface area contributed by atoms with Gasteiger partial charge in [-0.1, -0.05) is 30.3 Å². The van der Waals surface area contributed by atoms with Crippen molar-refractivity contribution in [1.29, 1.82) is 0 Å². The lowest BCUT2D eigenvalue weighted by atomic mass is 10.1. The first-order chi connectivity index (χ1) is 11.1. The molecule has 0 unspecified atom stereocenters. The molecule has 2 rings (SSSR count). The van der Waals surface area contributed by atoms with Crippen molar-refractivity contribution < 1.29 is 19.1 Å². The number of aldehydes is 1. The van der Waals surface area contributed by atoms with Crippen LogP contribution in [0.15, 0.2) is 42.6 Å². The van der Waals surface area contributed by atoms with Crippen molar-refractivity contribution in [2.24, 2.45) is 5.73 Å². The zero-order chi connectivity index (χ0) is 16.7. The van der Waals surface area contributed by atoms with E-state index in [9.17, 15) is 14.4 Å². The second kappa shape index (κ2) is 7.69. The monoisotopic (exact) mass is 313 g/mol. The zero-order valence-corrected chi connectivity index (χ0v) is 12.2. The minimum absolute atomic E-state index is 0.0297. The molecule has 1 aromatic carbocycles. The molecule has 0 aliphatic carbocycles. The highest BCUT2D eigenvalue weighted by Gasteiger charge is 2.05. The van der Waals surface area contributed by atoms with Crippen LogP contribution in [0.4, 0.5) is 4.79 Å². The maximum absolute atomic E-state index is 11.6. The van der Waals surface area contributed by atoms with Gasteiger partial charge in [0.05, 0.1) is 0 Å². The summed E-state index contributed by atoms with van der Waals surface area (Å²) < 4.78 is 5.03. The highest BCUT2D eigenvalue weighted by molar-refractivity contribution is 5.90. The van der Waals surface area contributed by atoms with Gasteiger partial charge in [0.15, 0.2) is 0 Å². The summed E-state index contributed by atoms with van der Waals surface area (Å²) in [7, 11) is 0. The van der Waals surface area contributed by atoms with Gasteiger partial charge in [-0.25, -0.2) is 4.79 Å². The van der Waals surface area contributed by atoms with Crippen LogP contribution in [0.1, 0.15) is 32.0 Å². The predicted molar refractivity (Wildman–Crippen MR) is 81.6 cm³/mol. The number of amides is 2. The molecule has 0 saturated heterocycles. The Morgan fingerprint density at radius 2 is 1.83 bits per heavy atom. The van der Waals surface area contributed by atoms with Crippen molar-refractivity contribution in [3.05, 3.63) is 65.0 Å². The molecule has 0 fully saturated rings. The molecule has 0 bridgehead atoms. The van der Waals surface area contributed by atoms with Crippen LogP contribution in [0.25, 0.3) is 0 Å². The van der Waals surface area contributed by atoms with E-state index in [0.717, 1.165) is 11.8 Å². The average molecular weight is 313 g/mol. The Morgan fingerprint density at radius 1 is 1.13 bits per heavy atom. The number of benzene rings is 1. The van der Waals surface area contributed by atoms with Crippen LogP contribution in [-0.4, -0.2) is 23.3 Å². The Kier molecular flexibility index (Phi) is 5.40. The van der Waals surface area contributed by atoms with E-state index < -0.39 is 12.0 Å². The van der Waals surface area contributed by atoms with Gasteiger partial charge >= 0.3 is 6.09 Å². The highest BCUT2D eigenvalue weighted by atomic mass is 16.5. The lowest BCUT2D eigenvalue weighted by molar-refractivity contribution is 0.0994. The molecule has 7 nitrogen and oxygen atoms in total. The number of alkyl carbamates (subject to hydrolysis) is 1. The fraction of sp³-hybridized carbons (Fsp3) is 0.125. The van der Waals surface area contributed by atoms with Gasteiger partial charge in [-0.2, -0.15) is 0 Å². The second-order valence-electron chi connectivity index (χ2n) is 4.71. The molecule has 1 aromatic heterocycles. The molecule has 2 amide bonds. The molecule has 3 N–H and O–H groups in total. The summed E-state index contributed by atoms with van der Waals surface area (Å²) in [4.78, 5) is 36.9. The molecule has 23 heavy (non-hydrogen) atoms. The molecule has 7 heteroatoms. The zero-order valence-electron chi connectivity index (χ0n) is 12.2. The van der Waals surface area contributed by atoms with E-state index in [1.165, 1.54) is 12.3 Å². The van der Waals surface area contributed by atoms with Crippen molar-refractivity contribution in [2.75, 3.05) is 0 Å². The minimum Gasteiger partial charge on any atom is -0.445 e. The van der Waals surface area contributed by atoms with E-state index in [0.29, 0.717) is 11.1 Å². The summed E-state index contributed by atoms with van der Waals surface area (Å²) in [5, 5.41) is 2.59. The topological polar surface area (TPSA) is 111 Å². The van der Waals surface area contributed by atoms with Crippen molar-refractivity contribution >= 4 is 18.3 Å². The van der Waals surface area contributed by atoms with E-state index in [2.05, 4.69) is 10.3 Å². The lowest BCUT2D eigenvalue weighted by Crippen LogP contribution is -2.23. The number of hydrogen-bond donors (Lipinski definition) is 2. The van der Waals surface area contributed by atoms with Crippen LogP contribution in [0, 0.1) is 0 Å². The first-order valence-corrected chi connectivity index (χ1v) is 6.78. The van der Waals surface area contributed by atoms with Crippen molar-refractivity contribution in [3.63, 3.8) is 0 Å². The smallest absolute Gasteiger partial charge is 0.407 e. The molecular weight excluding hydrogens is 298 g/mol. The van der Waals surface area contributed by atoms with Gasteiger partial charge in [-0.3, -0.25) is 14.6 Å². The number of carbonyl (C=O) groups excluding carboxylic acids is 3. The number of carbonyl (C=O) groups is 3. The van der Waals surface area contributed by atoms with Crippen LogP contribution in [-0.2, 0) is 17.9 Å². The summed E-state index contributed by atoms with van der Waals surface area (Å²) in [5.74, 6) is -0.615. The fourth-order valence-electron chi connectivity index (χ4n) is 1.74. The number of rotatable bonds is 6. The summed E-state index contributed by atoms with van der Waals surface area (Å²) in [6, 6.07) is 9.90. The quantitative estimate of drug-likeness (QED) is 0.783. The van der Waals surface area contributed by atoms with E-state index in [1.54, 1.807) is 30.3 Å². The van der Waals surface area contributed by atoms with Gasteiger partial charge in [0.1, 0.15) is 18.6 Å². The highest BCUT2D eigenvalue weighted by Crippen LogP contribution is 2.04. The third kappa shape index (κ3) is 4.92. The predicted octanol–water partition coefficient (Wildman–Crippen LogP) is 1.42. The van der Waals surface area contributed by atoms with E-state index in [-0.39, 0.29) is 18.8 Å². The van der Waals surface area contributed by atoms with E-state index in [1.807, 2.05) is 0 Å². The third-order valence-electron chi connectivity index (χ3n) is 3.00. The molecular formula is C16H15N3O4. The number of nitrogens with two attached hydrogens (primary N) is 1. The van der Waals surface area contributed by atoms with Crippen LogP contribution in [0.3, 0.4) is 0 Å². The SMILES string of the molecule is NC(=O)c1ccc(COC(=O)NCc2ccc(C=O)cc2)cn1. The molecule has 0 saturated carbocycles. The summed E-state index contributed by atoms with van der Waals surface area (Å²) in [5.41, 5.74) is 7.29. The van der Waals surface area contributed by atoms with Gasteiger partial charge in [0, 0.05) is 23.9 Å². The minimum atomic E-state index is -0.615. The van der Waals surface area contributed by atoms with Gasteiger partial charge in [-0.15, -0.1) is 0 Å². The van der Waals surface area contributed by atoms with Crippen LogP contribution < -0.4 is 11.1 Å². The van der Waals surface area contributed by atoms with Gasteiger partial charge in [0.2, 0.25) is 0 Å². The van der Waals surface area contributed by atoms with Crippen LogP contribution in [0.2, 0.25) is 0 Å². The maximum Gasteiger partial charge on any atom is 0.407 e. The summed E-state index contributed by atoms with van der Waals surface area (Å²) in [6.45, 7) is 0.318. The van der Waals surface area contributed by atoms with E-state index in [4.69, 9.17) is 10.5 Å². The molecule has 0 aliphatic heterocycles. The Labute approximate surface area is 132 Å². The summed E-state index contributed by atoms with van der Waals surface area (Å²) >= 11 is 0. The van der Waals surface area contributed by atoms with Crippen molar-refractivity contribution in [3.8, 4) is 0 Å². The second-order valence-corrected chi connectivity index (χ2v) is 4.71. The first-order valence-electron chi connectivity index (χ1n) is 6.78. The molecule has 0 radical (unpaired) electrons. The molecule has 118 valence electrons. The number of ether oxygens (including phenoxy) is 1. The Morgan fingerprint density at radius 3 is 2.39 bits per heavy atom. The van der Waals surface area contributed by atoms with E-state index >= 15 is 0 Å². The molecule has 0 spiro atoms. The Hall–Kier alpha value is -3.22. The molecule has 0 atom stereocenters. The number of primary amides is 1. The van der Waals surface area contributed by atoms with Crippen molar-refractivity contribution in [2.45, 2.75) is 13.2 Å². The molecule has 1 heterocycles. The fourth-order valence-corrected chi connectivity index (χ4v) is 1.74. The van der Waals surface area contributed by atoms with Crippen molar-refractivity contribution in [1.82, 2.24) is 10.3 Å². The number of nitrogens with zero attached hydrogens (tertiary/aromatic N) is 1. The Balaban J connectivity index is 1.78. The standard InChI is InChI=1S/C16H15N3O4/c17-15(21)14-6-5-13(8-18-14)10-23-16(22)19-7-11-1-3-12(9-20)4-2-11/h1-6,8-9H,7,10H2,(H2,17,21)(H,19,22).